The Bertz CT molecular complexity index is 822. The molecule has 11 nitrogen and oxygen atoms in total. The van der Waals surface area contributed by atoms with Crippen LogP contribution in [0, 0.1) is 0 Å². The molecule has 1 aliphatic rings. The Hall–Kier alpha value is -1.62. The molecule has 3 rings (SSSR count). The van der Waals surface area contributed by atoms with E-state index >= 15 is 0 Å². The molecule has 1 saturated carbocycles. The van der Waals surface area contributed by atoms with Crippen LogP contribution in [0.4, 0.5) is 5.82 Å². The molecular weight excluding hydrogens is 377 g/mol. The lowest BCUT2D eigenvalue weighted by Gasteiger charge is -2.21. The number of aromatic nitrogens is 4. The van der Waals surface area contributed by atoms with Crippen LogP contribution in [0.15, 0.2) is 12.7 Å². The second kappa shape index (κ2) is 8.17. The van der Waals surface area contributed by atoms with Crippen molar-refractivity contribution in [2.75, 3.05) is 25.3 Å². The van der Waals surface area contributed by atoms with E-state index in [9.17, 15) is 14.8 Å². The summed E-state index contributed by atoms with van der Waals surface area (Å²) in [7, 11) is -3.41. The normalized spacial score (nSPS) is 26.1. The minimum atomic E-state index is -3.41. The van der Waals surface area contributed by atoms with Gasteiger partial charge in [-0.2, -0.15) is 0 Å². The number of anilines is 1. The largest absolute Gasteiger partial charge is 0.388 e. The highest BCUT2D eigenvalue weighted by molar-refractivity contribution is 7.53. The number of hydrogen-bond acceptors (Lipinski definition) is 10. The molecule has 2 aromatic rings. The van der Waals surface area contributed by atoms with E-state index in [0.29, 0.717) is 11.2 Å². The van der Waals surface area contributed by atoms with E-state index in [1.54, 1.807) is 18.4 Å². The van der Waals surface area contributed by atoms with Gasteiger partial charge in [-0.1, -0.05) is 0 Å². The van der Waals surface area contributed by atoms with Crippen molar-refractivity contribution in [3.63, 3.8) is 0 Å². The average Bonchev–Trinajstić information content (AvgIpc) is 3.17. The molecule has 150 valence electrons. The molecule has 4 N–H and O–H groups in total. The number of ether oxygens (including phenoxy) is 1. The summed E-state index contributed by atoms with van der Waals surface area (Å²) >= 11 is 0. The van der Waals surface area contributed by atoms with Crippen molar-refractivity contribution in [1.29, 1.82) is 0 Å². The van der Waals surface area contributed by atoms with Crippen molar-refractivity contribution in [1.82, 2.24) is 19.5 Å². The van der Waals surface area contributed by atoms with Crippen LogP contribution in [0.2, 0.25) is 0 Å². The van der Waals surface area contributed by atoms with Gasteiger partial charge in [0.05, 0.1) is 31.7 Å². The SMILES string of the molecule is CCOP(=O)(CO[C@H]1C[C@@H](n2cnc3c(N)ncnc32)[C@H](O)[C@@H]1O)OCC. The van der Waals surface area contributed by atoms with E-state index < -0.39 is 31.9 Å². The third kappa shape index (κ3) is 3.98. The van der Waals surface area contributed by atoms with Crippen molar-refractivity contribution >= 4 is 24.6 Å². The third-order valence-electron chi connectivity index (χ3n) is 4.44. The van der Waals surface area contributed by atoms with E-state index in [4.69, 9.17) is 19.5 Å². The number of nitrogens with zero attached hydrogens (tertiary/aromatic N) is 4. The predicted molar refractivity (Wildman–Crippen MR) is 96.0 cm³/mol. The Labute approximate surface area is 156 Å². The Kier molecular flexibility index (Phi) is 6.09. The Morgan fingerprint density at radius 1 is 1.22 bits per heavy atom. The smallest absolute Gasteiger partial charge is 0.356 e. The van der Waals surface area contributed by atoms with E-state index in [-0.39, 0.29) is 31.8 Å². The number of rotatable bonds is 8. The van der Waals surface area contributed by atoms with Crippen molar-refractivity contribution in [3.8, 4) is 0 Å². The molecule has 0 spiro atoms. The fourth-order valence-corrected chi connectivity index (χ4v) is 4.60. The molecule has 27 heavy (non-hydrogen) atoms. The molecule has 0 aliphatic heterocycles. The van der Waals surface area contributed by atoms with Gasteiger partial charge in [-0.25, -0.2) is 15.0 Å². The van der Waals surface area contributed by atoms with E-state index in [1.165, 1.54) is 12.7 Å². The zero-order valence-electron chi connectivity index (χ0n) is 15.1. The first-order valence-corrected chi connectivity index (χ1v) is 10.4. The van der Waals surface area contributed by atoms with Crippen molar-refractivity contribution in [3.05, 3.63) is 12.7 Å². The van der Waals surface area contributed by atoms with Crippen molar-refractivity contribution in [2.24, 2.45) is 0 Å². The molecule has 12 heteroatoms. The monoisotopic (exact) mass is 401 g/mol. The number of aliphatic hydroxyl groups excluding tert-OH is 2. The maximum Gasteiger partial charge on any atom is 0.356 e. The van der Waals surface area contributed by atoms with Crippen molar-refractivity contribution in [2.45, 2.75) is 44.6 Å². The fraction of sp³-hybridized carbons (Fsp3) is 0.667. The summed E-state index contributed by atoms with van der Waals surface area (Å²) in [4.78, 5) is 12.2. The van der Waals surface area contributed by atoms with Gasteiger partial charge >= 0.3 is 7.60 Å². The molecule has 2 aromatic heterocycles. The molecule has 0 aromatic carbocycles. The summed E-state index contributed by atoms with van der Waals surface area (Å²) in [6.45, 7) is 3.82. The van der Waals surface area contributed by atoms with Gasteiger partial charge in [0.15, 0.2) is 11.5 Å². The lowest BCUT2D eigenvalue weighted by atomic mass is 10.2. The number of aliphatic hydroxyl groups is 2. The van der Waals surface area contributed by atoms with Gasteiger partial charge in [0.25, 0.3) is 0 Å². The van der Waals surface area contributed by atoms with Crippen molar-refractivity contribution < 1.29 is 28.6 Å². The first kappa shape index (κ1) is 20.1. The minimum Gasteiger partial charge on any atom is -0.388 e. The number of imidazole rings is 1. The summed E-state index contributed by atoms with van der Waals surface area (Å²) in [5.74, 6) is 0.231. The Morgan fingerprint density at radius 3 is 2.59 bits per heavy atom. The average molecular weight is 401 g/mol. The van der Waals surface area contributed by atoms with E-state index in [1.807, 2.05) is 0 Å². The highest BCUT2D eigenvalue weighted by Crippen LogP contribution is 2.49. The van der Waals surface area contributed by atoms with Crippen LogP contribution in [0.25, 0.3) is 11.2 Å². The molecule has 1 aliphatic carbocycles. The molecular formula is C15H24N5O6P. The first-order chi connectivity index (χ1) is 12.9. The topological polar surface area (TPSA) is 155 Å². The van der Waals surface area contributed by atoms with Crippen LogP contribution in [0.1, 0.15) is 26.3 Å². The zero-order chi connectivity index (χ0) is 19.6. The second-order valence-electron chi connectivity index (χ2n) is 6.15. The maximum atomic E-state index is 12.5. The van der Waals surface area contributed by atoms with Gasteiger partial charge < -0.3 is 34.3 Å². The van der Waals surface area contributed by atoms with E-state index in [0.717, 1.165) is 0 Å². The van der Waals surface area contributed by atoms with Crippen LogP contribution in [0.5, 0.6) is 0 Å². The summed E-state index contributed by atoms with van der Waals surface area (Å²) < 4.78 is 30.1. The molecule has 0 amide bonds. The molecule has 0 saturated heterocycles. The minimum absolute atomic E-state index is 0.210. The fourth-order valence-electron chi connectivity index (χ4n) is 3.21. The van der Waals surface area contributed by atoms with Crippen LogP contribution in [-0.2, 0) is 18.3 Å². The van der Waals surface area contributed by atoms with Gasteiger partial charge in [-0.05, 0) is 20.3 Å². The Balaban J connectivity index is 1.75. The predicted octanol–water partition coefficient (Wildman–Crippen LogP) is 0.684. The number of nitrogen functional groups attached to an aromatic ring is 1. The van der Waals surface area contributed by atoms with Crippen LogP contribution < -0.4 is 5.73 Å². The summed E-state index contributed by atoms with van der Waals surface area (Å²) in [5.41, 5.74) is 6.66. The molecule has 0 radical (unpaired) electrons. The first-order valence-electron chi connectivity index (χ1n) is 8.69. The standard InChI is InChI=1S/C15H24N5O6P/c1-3-25-27(23,26-4-2)8-24-10-5-9(12(21)13(10)22)20-7-19-11-14(16)17-6-18-15(11)20/h6-7,9-10,12-13,21-22H,3-5,8H2,1-2H3,(H2,16,17,18)/t9-,10+,12+,13-/m1/s1. The zero-order valence-corrected chi connectivity index (χ0v) is 16.0. The van der Waals surface area contributed by atoms with Gasteiger partial charge in [0, 0.05) is 0 Å². The van der Waals surface area contributed by atoms with Gasteiger partial charge in [0.2, 0.25) is 0 Å². The molecule has 0 bridgehead atoms. The number of fused-ring (bicyclic) bond motifs is 1. The van der Waals surface area contributed by atoms with E-state index in [2.05, 4.69) is 15.0 Å². The lowest BCUT2D eigenvalue weighted by molar-refractivity contribution is -0.0490. The van der Waals surface area contributed by atoms with Crippen LogP contribution in [-0.4, -0.2) is 67.6 Å². The van der Waals surface area contributed by atoms with Gasteiger partial charge in [-0.3, -0.25) is 4.57 Å². The maximum absolute atomic E-state index is 12.5. The molecule has 1 fully saturated rings. The Morgan fingerprint density at radius 2 is 1.93 bits per heavy atom. The molecule has 4 atom stereocenters. The second-order valence-corrected chi connectivity index (χ2v) is 8.14. The lowest BCUT2D eigenvalue weighted by Crippen LogP contribution is -2.33. The highest BCUT2D eigenvalue weighted by atomic mass is 31.2. The highest BCUT2D eigenvalue weighted by Gasteiger charge is 2.44. The van der Waals surface area contributed by atoms with Crippen LogP contribution >= 0.6 is 7.60 Å². The van der Waals surface area contributed by atoms with Crippen LogP contribution in [0.3, 0.4) is 0 Å². The van der Waals surface area contributed by atoms with Gasteiger partial charge in [-0.15, -0.1) is 0 Å². The summed E-state index contributed by atoms with van der Waals surface area (Å²) in [6.07, 6.45) is -0.307. The third-order valence-corrected chi connectivity index (χ3v) is 6.21. The van der Waals surface area contributed by atoms with Gasteiger partial charge in [0.1, 0.15) is 30.4 Å². The molecule has 0 unspecified atom stereocenters. The molecule has 2 heterocycles. The summed E-state index contributed by atoms with van der Waals surface area (Å²) in [6, 6.07) is -0.539. The number of hydrogen-bond donors (Lipinski definition) is 3. The quantitative estimate of drug-likeness (QED) is 0.538. The number of nitrogens with two attached hydrogens (primary N) is 1. The summed E-state index contributed by atoms with van der Waals surface area (Å²) in [5, 5.41) is 20.9.